The number of nitrogens with zero attached hydrogens (tertiary/aromatic N) is 3. The molecule has 2 aromatic heterocycles. The SMILES string of the molecule is Nc1nc2cc(Br)c(Cl)cc2c2cn(CCNC(=O)O)nc12. The lowest BCUT2D eigenvalue weighted by Gasteiger charge is -2.03. The van der Waals surface area contributed by atoms with Crippen LogP contribution in [0.4, 0.5) is 10.6 Å². The molecule has 7 nitrogen and oxygen atoms in total. The topological polar surface area (TPSA) is 106 Å². The quantitative estimate of drug-likeness (QED) is 0.644. The average molecular weight is 385 g/mol. The lowest BCUT2D eigenvalue weighted by atomic mass is 10.1. The van der Waals surface area contributed by atoms with Gasteiger partial charge in [-0.05, 0) is 28.1 Å². The van der Waals surface area contributed by atoms with Gasteiger partial charge in [0.05, 0.1) is 17.1 Å². The molecule has 3 aromatic rings. The molecule has 0 aliphatic carbocycles. The second kappa shape index (κ2) is 5.62. The van der Waals surface area contributed by atoms with Crippen molar-refractivity contribution in [2.24, 2.45) is 0 Å². The van der Waals surface area contributed by atoms with E-state index >= 15 is 0 Å². The Kier molecular flexibility index (Phi) is 3.79. The molecule has 0 atom stereocenters. The van der Waals surface area contributed by atoms with Crippen LogP contribution in [0.3, 0.4) is 0 Å². The molecule has 0 aliphatic heterocycles. The van der Waals surface area contributed by atoms with Crippen molar-refractivity contribution < 1.29 is 9.90 Å². The summed E-state index contributed by atoms with van der Waals surface area (Å²) in [6.45, 7) is 0.646. The first kappa shape index (κ1) is 14.9. The summed E-state index contributed by atoms with van der Waals surface area (Å²) in [7, 11) is 0. The summed E-state index contributed by atoms with van der Waals surface area (Å²) in [4.78, 5) is 14.8. The van der Waals surface area contributed by atoms with Gasteiger partial charge in [0.2, 0.25) is 0 Å². The number of hydrogen-bond donors (Lipinski definition) is 3. The molecule has 0 saturated carbocycles. The van der Waals surface area contributed by atoms with E-state index in [0.29, 0.717) is 28.4 Å². The number of carboxylic acid groups (broad SMARTS) is 1. The van der Waals surface area contributed by atoms with E-state index in [0.717, 1.165) is 15.2 Å². The Balaban J connectivity index is 2.09. The molecule has 22 heavy (non-hydrogen) atoms. The number of benzene rings is 1. The van der Waals surface area contributed by atoms with Crippen molar-refractivity contribution in [3.05, 3.63) is 27.8 Å². The number of halogens is 2. The number of pyridine rings is 1. The number of nitrogen functional groups attached to an aromatic ring is 1. The maximum Gasteiger partial charge on any atom is 0.404 e. The predicted molar refractivity (Wildman–Crippen MR) is 88.2 cm³/mol. The average Bonchev–Trinajstić information content (AvgIpc) is 2.86. The van der Waals surface area contributed by atoms with Gasteiger partial charge in [-0.3, -0.25) is 4.68 Å². The monoisotopic (exact) mass is 383 g/mol. The van der Waals surface area contributed by atoms with Crippen molar-refractivity contribution in [2.75, 3.05) is 12.3 Å². The fraction of sp³-hybridized carbons (Fsp3) is 0.154. The fourth-order valence-corrected chi connectivity index (χ4v) is 2.72. The Hall–Kier alpha value is -2.06. The highest BCUT2D eigenvalue weighted by Gasteiger charge is 2.12. The van der Waals surface area contributed by atoms with Crippen LogP contribution in [-0.2, 0) is 6.54 Å². The molecule has 114 valence electrons. The molecular formula is C13H11BrClN5O2. The van der Waals surface area contributed by atoms with Crippen LogP contribution >= 0.6 is 27.5 Å². The highest BCUT2D eigenvalue weighted by atomic mass is 79.9. The minimum atomic E-state index is -1.07. The van der Waals surface area contributed by atoms with Crippen molar-refractivity contribution in [2.45, 2.75) is 6.54 Å². The van der Waals surface area contributed by atoms with Gasteiger partial charge in [0.15, 0.2) is 5.82 Å². The zero-order chi connectivity index (χ0) is 15.9. The molecule has 0 bridgehead atoms. The Morgan fingerprint density at radius 2 is 2.23 bits per heavy atom. The van der Waals surface area contributed by atoms with Crippen molar-refractivity contribution in [3.8, 4) is 0 Å². The third-order valence-electron chi connectivity index (χ3n) is 3.19. The van der Waals surface area contributed by atoms with E-state index in [2.05, 4.69) is 31.3 Å². The Morgan fingerprint density at radius 1 is 1.45 bits per heavy atom. The smallest absolute Gasteiger partial charge is 0.404 e. The highest BCUT2D eigenvalue weighted by Crippen LogP contribution is 2.33. The maximum atomic E-state index is 10.5. The summed E-state index contributed by atoms with van der Waals surface area (Å²) in [6.07, 6.45) is 0.740. The van der Waals surface area contributed by atoms with Gasteiger partial charge in [0.1, 0.15) is 5.52 Å². The molecule has 2 heterocycles. The van der Waals surface area contributed by atoms with Crippen molar-refractivity contribution >= 4 is 61.2 Å². The van der Waals surface area contributed by atoms with Gasteiger partial charge in [0, 0.05) is 28.0 Å². The Labute approximate surface area is 138 Å². The molecule has 9 heteroatoms. The minimum absolute atomic E-state index is 0.251. The Bertz CT molecular complexity index is 895. The van der Waals surface area contributed by atoms with Gasteiger partial charge in [-0.15, -0.1) is 0 Å². The second-order valence-corrected chi connectivity index (χ2v) is 5.93. The summed E-state index contributed by atoms with van der Waals surface area (Å²) in [6, 6.07) is 3.61. The number of rotatable bonds is 3. The van der Waals surface area contributed by atoms with E-state index in [-0.39, 0.29) is 6.54 Å². The molecule has 0 unspecified atom stereocenters. The summed E-state index contributed by atoms with van der Waals surface area (Å²) in [5.41, 5.74) is 7.24. The van der Waals surface area contributed by atoms with Crippen LogP contribution in [0.2, 0.25) is 5.02 Å². The second-order valence-electron chi connectivity index (χ2n) is 4.67. The summed E-state index contributed by atoms with van der Waals surface area (Å²) < 4.78 is 2.37. The molecule has 4 N–H and O–H groups in total. The largest absolute Gasteiger partial charge is 0.465 e. The highest BCUT2D eigenvalue weighted by molar-refractivity contribution is 9.10. The third kappa shape index (κ3) is 2.67. The molecule has 1 amide bonds. The van der Waals surface area contributed by atoms with Gasteiger partial charge in [-0.1, -0.05) is 11.6 Å². The van der Waals surface area contributed by atoms with Crippen molar-refractivity contribution in [1.82, 2.24) is 20.1 Å². The summed E-state index contributed by atoms with van der Waals surface area (Å²) in [5, 5.41) is 17.5. The lowest BCUT2D eigenvalue weighted by Crippen LogP contribution is -2.25. The normalized spacial score (nSPS) is 11.2. The maximum absolute atomic E-state index is 10.5. The fourth-order valence-electron chi connectivity index (χ4n) is 2.23. The molecular weight excluding hydrogens is 374 g/mol. The third-order valence-corrected chi connectivity index (χ3v) is 4.39. The standard InChI is InChI=1S/C13H11BrClN5O2/c14-8-4-10-6(3-9(8)15)7-5-20(2-1-17-13(21)22)19-11(7)12(16)18-10/h3-5,17H,1-2H2,(H2,16,18)(H,21,22). The first-order valence-electron chi connectivity index (χ1n) is 6.34. The molecule has 1 aromatic carbocycles. The predicted octanol–water partition coefficient (Wildman–Crippen LogP) is 2.85. The number of nitrogens with two attached hydrogens (primary N) is 1. The first-order chi connectivity index (χ1) is 10.5. The van der Waals surface area contributed by atoms with E-state index in [1.54, 1.807) is 16.8 Å². The number of carbonyl (C=O) groups is 1. The number of fused-ring (bicyclic) bond motifs is 3. The van der Waals surface area contributed by atoms with Crippen molar-refractivity contribution in [1.29, 1.82) is 0 Å². The molecule has 3 rings (SSSR count). The molecule has 0 fully saturated rings. The van der Waals surface area contributed by atoms with Gasteiger partial charge >= 0.3 is 6.09 Å². The molecule has 0 spiro atoms. The zero-order valence-electron chi connectivity index (χ0n) is 11.2. The van der Waals surface area contributed by atoms with Crippen molar-refractivity contribution in [3.63, 3.8) is 0 Å². The summed E-state index contributed by atoms with van der Waals surface area (Å²) >= 11 is 9.51. The van der Waals surface area contributed by atoms with E-state index in [4.69, 9.17) is 22.4 Å². The van der Waals surface area contributed by atoms with Crippen LogP contribution in [0.1, 0.15) is 0 Å². The van der Waals surface area contributed by atoms with Gasteiger partial charge in [0.25, 0.3) is 0 Å². The molecule has 0 saturated heterocycles. The van der Waals surface area contributed by atoms with Gasteiger partial charge < -0.3 is 16.2 Å². The lowest BCUT2D eigenvalue weighted by molar-refractivity contribution is 0.194. The molecule has 0 radical (unpaired) electrons. The Morgan fingerprint density at radius 3 is 2.95 bits per heavy atom. The number of aromatic nitrogens is 3. The van der Waals surface area contributed by atoms with Gasteiger partial charge in [-0.2, -0.15) is 5.10 Å². The molecule has 0 aliphatic rings. The van der Waals surface area contributed by atoms with E-state index in [1.165, 1.54) is 0 Å². The first-order valence-corrected chi connectivity index (χ1v) is 7.51. The number of anilines is 1. The van der Waals surface area contributed by atoms with Crippen LogP contribution in [-0.4, -0.2) is 32.5 Å². The minimum Gasteiger partial charge on any atom is -0.465 e. The number of hydrogen-bond acceptors (Lipinski definition) is 4. The summed E-state index contributed by atoms with van der Waals surface area (Å²) in [5.74, 6) is 0.321. The van der Waals surface area contributed by atoms with Crippen LogP contribution in [0.5, 0.6) is 0 Å². The number of amides is 1. The van der Waals surface area contributed by atoms with Crippen LogP contribution < -0.4 is 11.1 Å². The van der Waals surface area contributed by atoms with Gasteiger partial charge in [-0.25, -0.2) is 9.78 Å². The van der Waals surface area contributed by atoms with E-state index < -0.39 is 6.09 Å². The van der Waals surface area contributed by atoms with E-state index in [9.17, 15) is 4.79 Å². The van der Waals surface area contributed by atoms with Crippen LogP contribution in [0.15, 0.2) is 22.8 Å². The zero-order valence-corrected chi connectivity index (χ0v) is 13.5. The van der Waals surface area contributed by atoms with Crippen LogP contribution in [0.25, 0.3) is 21.8 Å². The van der Waals surface area contributed by atoms with Crippen LogP contribution in [0, 0.1) is 0 Å². The van der Waals surface area contributed by atoms with E-state index in [1.807, 2.05) is 6.20 Å². The number of nitrogens with one attached hydrogen (secondary N) is 1.